The third-order valence-electron chi connectivity index (χ3n) is 6.16. The van der Waals surface area contributed by atoms with Crippen molar-refractivity contribution in [2.45, 2.75) is 18.9 Å². The number of hydrogen-bond donors (Lipinski definition) is 0. The third kappa shape index (κ3) is 4.46. The topological polar surface area (TPSA) is 57.2 Å². The molecule has 1 aliphatic heterocycles. The summed E-state index contributed by atoms with van der Waals surface area (Å²) in [5.41, 5.74) is 3.96. The van der Waals surface area contributed by atoms with Gasteiger partial charge >= 0.3 is 0 Å². The van der Waals surface area contributed by atoms with Crippen LogP contribution in [0.15, 0.2) is 60.7 Å². The third-order valence-corrected chi connectivity index (χ3v) is 6.16. The van der Waals surface area contributed by atoms with E-state index in [0.29, 0.717) is 41.5 Å². The van der Waals surface area contributed by atoms with Crippen molar-refractivity contribution in [1.82, 2.24) is 4.90 Å². The number of hydrogen-bond acceptors (Lipinski definition) is 5. The molecule has 172 valence electrons. The van der Waals surface area contributed by atoms with Gasteiger partial charge in [0, 0.05) is 12.1 Å². The molecule has 0 saturated heterocycles. The Hall–Kier alpha value is -3.67. The molecule has 3 aromatic carbocycles. The monoisotopic (exact) mass is 447 g/mol. The largest absolute Gasteiger partial charge is 0.493 e. The molecule has 0 N–H and O–H groups in total. The van der Waals surface area contributed by atoms with Crippen LogP contribution < -0.4 is 18.9 Å². The number of fused-ring (bicyclic) bond motifs is 1. The molecule has 1 amide bonds. The Balaban J connectivity index is 1.78. The van der Waals surface area contributed by atoms with Crippen LogP contribution in [0.25, 0.3) is 0 Å². The maximum absolute atomic E-state index is 13.5. The molecular formula is C27H29NO5. The Morgan fingerprint density at radius 3 is 2.12 bits per heavy atom. The van der Waals surface area contributed by atoms with Gasteiger partial charge in [0.15, 0.2) is 23.0 Å². The standard InChI is InChI=1S/C27H29NO5/c1-30-23-11-10-18(15-24(23)31-2)14-22-21-17-26(33-4)25(32-3)16-20(21)12-13-28(22)27(29)19-8-6-5-7-9-19/h5-11,15-17,22H,12-14H2,1-4H3/t22-/m0/s1. The van der Waals surface area contributed by atoms with Gasteiger partial charge in [-0.3, -0.25) is 4.79 Å². The summed E-state index contributed by atoms with van der Waals surface area (Å²) in [6.45, 7) is 0.619. The predicted molar refractivity (Wildman–Crippen MR) is 127 cm³/mol. The second kappa shape index (κ2) is 9.86. The SMILES string of the molecule is COc1ccc(C[C@H]2c3cc(OC)c(OC)cc3CCN2C(=O)c2ccccc2)cc1OC. The van der Waals surface area contributed by atoms with Crippen LogP contribution in [0.1, 0.15) is 33.1 Å². The number of nitrogens with zero attached hydrogens (tertiary/aromatic N) is 1. The molecule has 33 heavy (non-hydrogen) atoms. The van der Waals surface area contributed by atoms with Crippen molar-refractivity contribution in [2.75, 3.05) is 35.0 Å². The highest BCUT2D eigenvalue weighted by atomic mass is 16.5. The normalized spacial score (nSPS) is 14.9. The Morgan fingerprint density at radius 2 is 1.45 bits per heavy atom. The van der Waals surface area contributed by atoms with Gasteiger partial charge < -0.3 is 23.8 Å². The van der Waals surface area contributed by atoms with E-state index in [-0.39, 0.29) is 11.9 Å². The molecule has 3 aromatic rings. The van der Waals surface area contributed by atoms with Crippen LogP contribution in [-0.2, 0) is 12.8 Å². The van der Waals surface area contributed by atoms with E-state index in [0.717, 1.165) is 23.1 Å². The van der Waals surface area contributed by atoms with Gasteiger partial charge in [0.05, 0.1) is 34.5 Å². The second-order valence-corrected chi connectivity index (χ2v) is 7.93. The molecule has 0 aliphatic carbocycles. The van der Waals surface area contributed by atoms with Crippen LogP contribution in [0, 0.1) is 0 Å². The Labute approximate surface area is 194 Å². The average Bonchev–Trinajstić information content (AvgIpc) is 2.88. The van der Waals surface area contributed by atoms with Crippen LogP contribution in [0.3, 0.4) is 0 Å². The predicted octanol–water partition coefficient (Wildman–Crippen LogP) is 4.70. The van der Waals surface area contributed by atoms with Crippen molar-refractivity contribution in [3.63, 3.8) is 0 Å². The number of amides is 1. The van der Waals surface area contributed by atoms with Crippen molar-refractivity contribution < 1.29 is 23.7 Å². The fraction of sp³-hybridized carbons (Fsp3) is 0.296. The lowest BCUT2D eigenvalue weighted by Crippen LogP contribution is -2.41. The van der Waals surface area contributed by atoms with Crippen molar-refractivity contribution >= 4 is 5.91 Å². The number of rotatable bonds is 7. The highest BCUT2D eigenvalue weighted by molar-refractivity contribution is 5.94. The summed E-state index contributed by atoms with van der Waals surface area (Å²) in [4.78, 5) is 15.5. The maximum atomic E-state index is 13.5. The number of carbonyl (C=O) groups is 1. The smallest absolute Gasteiger partial charge is 0.254 e. The van der Waals surface area contributed by atoms with Gasteiger partial charge in [-0.2, -0.15) is 0 Å². The van der Waals surface area contributed by atoms with Gasteiger partial charge in [0.2, 0.25) is 0 Å². The molecule has 0 bridgehead atoms. The molecule has 0 unspecified atom stereocenters. The highest BCUT2D eigenvalue weighted by Gasteiger charge is 2.33. The molecule has 0 aromatic heterocycles. The number of ether oxygens (including phenoxy) is 4. The van der Waals surface area contributed by atoms with E-state index in [9.17, 15) is 4.79 Å². The first-order valence-electron chi connectivity index (χ1n) is 10.9. The Bertz CT molecular complexity index is 1130. The Morgan fingerprint density at radius 1 is 0.818 bits per heavy atom. The van der Waals surface area contributed by atoms with Crippen molar-refractivity contribution in [3.05, 3.63) is 82.9 Å². The lowest BCUT2D eigenvalue weighted by Gasteiger charge is -2.38. The number of methoxy groups -OCH3 is 4. The van der Waals surface area contributed by atoms with E-state index in [1.807, 2.05) is 65.6 Å². The van der Waals surface area contributed by atoms with Gasteiger partial charge in [0.1, 0.15) is 0 Å². The molecule has 1 aliphatic rings. The summed E-state index contributed by atoms with van der Waals surface area (Å²) >= 11 is 0. The van der Waals surface area contributed by atoms with Crippen LogP contribution >= 0.6 is 0 Å². The highest BCUT2D eigenvalue weighted by Crippen LogP contribution is 2.40. The number of benzene rings is 3. The van der Waals surface area contributed by atoms with E-state index < -0.39 is 0 Å². The number of carbonyl (C=O) groups excluding carboxylic acids is 1. The van der Waals surface area contributed by atoms with Crippen LogP contribution in [-0.4, -0.2) is 45.8 Å². The van der Waals surface area contributed by atoms with Crippen molar-refractivity contribution in [3.8, 4) is 23.0 Å². The van der Waals surface area contributed by atoms with E-state index in [4.69, 9.17) is 18.9 Å². The van der Waals surface area contributed by atoms with E-state index >= 15 is 0 Å². The quantitative estimate of drug-likeness (QED) is 0.525. The van der Waals surface area contributed by atoms with E-state index in [2.05, 4.69) is 0 Å². The molecule has 0 fully saturated rings. The lowest BCUT2D eigenvalue weighted by molar-refractivity contribution is 0.0659. The molecular weight excluding hydrogens is 418 g/mol. The molecule has 0 spiro atoms. The molecule has 0 radical (unpaired) electrons. The Kier molecular flexibility index (Phi) is 6.73. The zero-order chi connectivity index (χ0) is 23.4. The average molecular weight is 448 g/mol. The summed E-state index contributed by atoms with van der Waals surface area (Å²) in [5.74, 6) is 2.71. The summed E-state index contributed by atoms with van der Waals surface area (Å²) < 4.78 is 22.0. The van der Waals surface area contributed by atoms with Crippen LogP contribution in [0.2, 0.25) is 0 Å². The fourth-order valence-corrected chi connectivity index (χ4v) is 4.47. The summed E-state index contributed by atoms with van der Waals surface area (Å²) in [6.07, 6.45) is 1.37. The zero-order valence-electron chi connectivity index (χ0n) is 19.5. The lowest BCUT2D eigenvalue weighted by atomic mass is 9.87. The molecule has 0 saturated carbocycles. The second-order valence-electron chi connectivity index (χ2n) is 7.93. The minimum Gasteiger partial charge on any atom is -0.493 e. The minimum absolute atomic E-state index is 0.0153. The van der Waals surface area contributed by atoms with E-state index in [1.165, 1.54) is 0 Å². The summed E-state index contributed by atoms with van der Waals surface area (Å²) in [6, 6.07) is 19.2. The molecule has 6 nitrogen and oxygen atoms in total. The molecule has 6 heteroatoms. The molecule has 1 atom stereocenters. The van der Waals surface area contributed by atoms with Crippen molar-refractivity contribution in [1.29, 1.82) is 0 Å². The maximum Gasteiger partial charge on any atom is 0.254 e. The first kappa shape index (κ1) is 22.5. The van der Waals surface area contributed by atoms with Crippen molar-refractivity contribution in [2.24, 2.45) is 0 Å². The van der Waals surface area contributed by atoms with Gasteiger partial charge in [-0.15, -0.1) is 0 Å². The van der Waals surface area contributed by atoms with E-state index in [1.54, 1.807) is 28.4 Å². The van der Waals surface area contributed by atoms with Crippen LogP contribution in [0.4, 0.5) is 0 Å². The van der Waals surface area contributed by atoms with Crippen LogP contribution in [0.5, 0.6) is 23.0 Å². The van der Waals surface area contributed by atoms with Gasteiger partial charge in [-0.05, 0) is 65.9 Å². The van der Waals surface area contributed by atoms with Gasteiger partial charge in [-0.25, -0.2) is 0 Å². The molecule has 4 rings (SSSR count). The summed E-state index contributed by atoms with van der Waals surface area (Å²) in [7, 11) is 6.51. The first-order chi connectivity index (χ1) is 16.1. The fourth-order valence-electron chi connectivity index (χ4n) is 4.47. The zero-order valence-corrected chi connectivity index (χ0v) is 19.5. The first-order valence-corrected chi connectivity index (χ1v) is 10.9. The minimum atomic E-state index is -0.167. The van der Waals surface area contributed by atoms with Gasteiger partial charge in [-0.1, -0.05) is 24.3 Å². The van der Waals surface area contributed by atoms with Gasteiger partial charge in [0.25, 0.3) is 5.91 Å². The molecule has 1 heterocycles. The summed E-state index contributed by atoms with van der Waals surface area (Å²) in [5, 5.41) is 0.